The van der Waals surface area contributed by atoms with Crippen molar-refractivity contribution in [1.82, 2.24) is 9.55 Å². The van der Waals surface area contributed by atoms with Gasteiger partial charge in [0.25, 0.3) is 11.5 Å². The number of hydrogen-bond donors (Lipinski definition) is 1. The molecule has 0 bridgehead atoms. The Morgan fingerprint density at radius 2 is 1.74 bits per heavy atom. The van der Waals surface area contributed by atoms with Gasteiger partial charge in [0, 0.05) is 22.7 Å². The molecule has 0 aliphatic carbocycles. The zero-order valence-corrected chi connectivity index (χ0v) is 22.5. The third kappa shape index (κ3) is 5.86. The maximum atomic E-state index is 13.7. The Hall–Kier alpha value is -4.42. The summed E-state index contributed by atoms with van der Waals surface area (Å²) in [7, 11) is 1.65. The summed E-state index contributed by atoms with van der Waals surface area (Å²) >= 11 is 6.03. The van der Waals surface area contributed by atoms with Gasteiger partial charge >= 0.3 is 0 Å². The molecule has 0 radical (unpaired) electrons. The highest BCUT2D eigenvalue weighted by Crippen LogP contribution is 2.25. The number of methoxy groups -OCH3 is 1. The molecule has 1 aromatic heterocycles. The van der Waals surface area contributed by atoms with E-state index in [9.17, 15) is 9.59 Å². The van der Waals surface area contributed by atoms with Crippen LogP contribution in [0.15, 0.2) is 95.8 Å². The van der Waals surface area contributed by atoms with Crippen molar-refractivity contribution in [1.29, 1.82) is 0 Å². The van der Waals surface area contributed by atoms with E-state index < -0.39 is 0 Å². The van der Waals surface area contributed by atoms with Crippen molar-refractivity contribution < 1.29 is 9.53 Å². The number of ether oxygens (including phenoxy) is 1. The fourth-order valence-electron chi connectivity index (χ4n) is 4.54. The molecule has 196 valence electrons. The largest absolute Gasteiger partial charge is 0.497 e. The average Bonchev–Trinajstić information content (AvgIpc) is 2.96. The molecule has 0 saturated carbocycles. The van der Waals surface area contributed by atoms with Crippen LogP contribution in [0.3, 0.4) is 0 Å². The first-order chi connectivity index (χ1) is 18.9. The molecule has 5 rings (SSSR count). The van der Waals surface area contributed by atoms with E-state index in [1.54, 1.807) is 54.1 Å². The first-order valence-electron chi connectivity index (χ1n) is 12.8. The quantitative estimate of drug-likeness (QED) is 0.232. The monoisotopic (exact) mass is 537 g/mol. The highest BCUT2D eigenvalue weighted by molar-refractivity contribution is 6.31. The molecule has 0 spiro atoms. The molecule has 0 unspecified atom stereocenters. The summed E-state index contributed by atoms with van der Waals surface area (Å²) in [4.78, 5) is 31.3. The third-order valence-corrected chi connectivity index (χ3v) is 6.78. The highest BCUT2D eigenvalue weighted by Gasteiger charge is 2.14. The molecule has 0 saturated heterocycles. The van der Waals surface area contributed by atoms with Crippen molar-refractivity contribution in [3.05, 3.63) is 123 Å². The first-order valence-corrected chi connectivity index (χ1v) is 13.2. The SMILES string of the molecule is CCCc1nc2ccc(NC(=O)c3cccc(Cl)c3)cc2c(=O)n1Cc1ccc(-c2cccc(OC)c2)cc1. The predicted molar refractivity (Wildman–Crippen MR) is 157 cm³/mol. The van der Waals surface area contributed by atoms with Crippen molar-refractivity contribution in [2.45, 2.75) is 26.3 Å². The summed E-state index contributed by atoms with van der Waals surface area (Å²) < 4.78 is 7.08. The summed E-state index contributed by atoms with van der Waals surface area (Å²) in [5.74, 6) is 1.24. The standard InChI is InChI=1S/C32H28ClN3O3/c1-3-6-30-35-29-16-15-26(34-31(37)24-8-4-9-25(33)17-24)19-28(29)32(38)36(30)20-21-11-13-22(14-12-21)23-7-5-10-27(18-23)39-2/h4-5,7-19H,3,6,20H2,1-2H3,(H,34,37). The van der Waals surface area contributed by atoms with Gasteiger partial charge in [0.1, 0.15) is 11.6 Å². The number of aromatic nitrogens is 2. The second-order valence-corrected chi connectivity index (χ2v) is 9.73. The zero-order valence-electron chi connectivity index (χ0n) is 21.8. The van der Waals surface area contributed by atoms with E-state index >= 15 is 0 Å². The summed E-state index contributed by atoms with van der Waals surface area (Å²) in [6.07, 6.45) is 1.54. The lowest BCUT2D eigenvalue weighted by Gasteiger charge is -2.15. The van der Waals surface area contributed by atoms with Gasteiger partial charge in [-0.1, -0.05) is 61.0 Å². The van der Waals surface area contributed by atoms with Gasteiger partial charge in [-0.3, -0.25) is 14.2 Å². The Morgan fingerprint density at radius 1 is 0.949 bits per heavy atom. The molecule has 0 aliphatic heterocycles. The lowest BCUT2D eigenvalue weighted by atomic mass is 10.0. The molecule has 6 nitrogen and oxygen atoms in total. The number of aryl methyl sites for hydroxylation is 1. The number of fused-ring (bicyclic) bond motifs is 1. The van der Waals surface area contributed by atoms with E-state index in [-0.39, 0.29) is 11.5 Å². The minimum absolute atomic E-state index is 0.140. The smallest absolute Gasteiger partial charge is 0.261 e. The number of halogens is 1. The van der Waals surface area contributed by atoms with Crippen LogP contribution in [-0.2, 0) is 13.0 Å². The number of rotatable bonds is 8. The Balaban J connectivity index is 1.46. The molecule has 0 fully saturated rings. The molecule has 5 aromatic rings. The number of carbonyl (C=O) groups excluding carboxylic acids is 1. The van der Waals surface area contributed by atoms with Crippen molar-refractivity contribution in [2.75, 3.05) is 12.4 Å². The average molecular weight is 538 g/mol. The molecular weight excluding hydrogens is 510 g/mol. The van der Waals surface area contributed by atoms with E-state index in [4.69, 9.17) is 21.3 Å². The summed E-state index contributed by atoms with van der Waals surface area (Å²) in [5, 5.41) is 3.79. The molecule has 7 heteroatoms. The van der Waals surface area contributed by atoms with Crippen LogP contribution in [0.25, 0.3) is 22.0 Å². The Kier molecular flexibility index (Phi) is 7.75. The second kappa shape index (κ2) is 11.5. The van der Waals surface area contributed by atoms with Crippen LogP contribution in [0.2, 0.25) is 5.02 Å². The lowest BCUT2D eigenvalue weighted by molar-refractivity contribution is 0.102. The van der Waals surface area contributed by atoms with Crippen LogP contribution >= 0.6 is 11.6 Å². The number of benzene rings is 4. The van der Waals surface area contributed by atoms with Crippen molar-refractivity contribution >= 4 is 34.1 Å². The number of nitrogens with zero attached hydrogens (tertiary/aromatic N) is 2. The summed E-state index contributed by atoms with van der Waals surface area (Å²) in [5.41, 5.74) is 4.54. The lowest BCUT2D eigenvalue weighted by Crippen LogP contribution is -2.26. The van der Waals surface area contributed by atoms with Crippen LogP contribution in [0, 0.1) is 0 Å². The van der Waals surface area contributed by atoms with Crippen LogP contribution in [-0.4, -0.2) is 22.6 Å². The van der Waals surface area contributed by atoms with E-state index in [1.807, 2.05) is 48.5 Å². The molecule has 1 heterocycles. The van der Waals surface area contributed by atoms with Crippen molar-refractivity contribution in [3.8, 4) is 16.9 Å². The minimum atomic E-state index is -0.302. The molecular formula is C32H28ClN3O3. The number of hydrogen-bond acceptors (Lipinski definition) is 4. The molecule has 4 aromatic carbocycles. The van der Waals surface area contributed by atoms with Gasteiger partial charge in [-0.15, -0.1) is 0 Å². The van der Waals surface area contributed by atoms with Gasteiger partial charge < -0.3 is 10.1 Å². The number of amides is 1. The second-order valence-electron chi connectivity index (χ2n) is 9.29. The van der Waals surface area contributed by atoms with E-state index in [2.05, 4.69) is 12.2 Å². The van der Waals surface area contributed by atoms with Crippen LogP contribution < -0.4 is 15.6 Å². The van der Waals surface area contributed by atoms with Gasteiger partial charge in [0.05, 0.1) is 24.6 Å². The number of anilines is 1. The first kappa shape index (κ1) is 26.2. The van der Waals surface area contributed by atoms with Gasteiger partial charge in [0.2, 0.25) is 0 Å². The molecule has 1 amide bonds. The highest BCUT2D eigenvalue weighted by atomic mass is 35.5. The topological polar surface area (TPSA) is 73.2 Å². The van der Waals surface area contributed by atoms with Gasteiger partial charge in [0.15, 0.2) is 0 Å². The van der Waals surface area contributed by atoms with Gasteiger partial charge in [-0.05, 0) is 71.6 Å². The van der Waals surface area contributed by atoms with Crippen LogP contribution in [0.1, 0.15) is 35.1 Å². The molecule has 0 atom stereocenters. The van der Waals surface area contributed by atoms with E-state index in [0.29, 0.717) is 40.1 Å². The summed E-state index contributed by atoms with van der Waals surface area (Å²) in [6.45, 7) is 2.46. The maximum Gasteiger partial charge on any atom is 0.261 e. The van der Waals surface area contributed by atoms with Crippen molar-refractivity contribution in [3.63, 3.8) is 0 Å². The Labute approximate surface area is 231 Å². The predicted octanol–water partition coefficient (Wildman–Crippen LogP) is 6.98. The summed E-state index contributed by atoms with van der Waals surface area (Å²) in [6, 6.07) is 28.0. The van der Waals surface area contributed by atoms with Gasteiger partial charge in [-0.2, -0.15) is 0 Å². The molecule has 0 aliphatic rings. The maximum absolute atomic E-state index is 13.7. The number of nitrogens with one attached hydrogen (secondary N) is 1. The van der Waals surface area contributed by atoms with E-state index in [1.165, 1.54) is 0 Å². The third-order valence-electron chi connectivity index (χ3n) is 6.55. The van der Waals surface area contributed by atoms with Crippen LogP contribution in [0.4, 0.5) is 5.69 Å². The zero-order chi connectivity index (χ0) is 27.4. The molecule has 39 heavy (non-hydrogen) atoms. The normalized spacial score (nSPS) is 10.9. The van der Waals surface area contributed by atoms with Crippen molar-refractivity contribution in [2.24, 2.45) is 0 Å². The Bertz CT molecular complexity index is 1710. The van der Waals surface area contributed by atoms with E-state index in [0.717, 1.165) is 34.7 Å². The van der Waals surface area contributed by atoms with Gasteiger partial charge in [-0.25, -0.2) is 4.98 Å². The Morgan fingerprint density at radius 3 is 2.49 bits per heavy atom. The fourth-order valence-corrected chi connectivity index (χ4v) is 4.73. The number of carbonyl (C=O) groups is 1. The minimum Gasteiger partial charge on any atom is -0.497 e. The fraction of sp³-hybridized carbons (Fsp3) is 0.156. The van der Waals surface area contributed by atoms with Crippen LogP contribution in [0.5, 0.6) is 5.75 Å². The molecule has 1 N–H and O–H groups in total.